The van der Waals surface area contributed by atoms with E-state index in [1.54, 1.807) is 11.9 Å². The Balaban J connectivity index is 2.14. The first-order valence-corrected chi connectivity index (χ1v) is 4.64. The average Bonchev–Trinajstić information content (AvgIpc) is 2.09. The Morgan fingerprint density at radius 1 is 1.53 bits per heavy atom. The molecule has 6 heteroatoms. The van der Waals surface area contributed by atoms with Gasteiger partial charge in [0.05, 0.1) is 5.92 Å². The molecule has 1 fully saturated rings. The Kier molecular flexibility index (Phi) is 2.42. The summed E-state index contributed by atoms with van der Waals surface area (Å²) in [5, 5.41) is 0. The average molecular weight is 215 g/mol. The molecule has 0 atom stereocenters. The van der Waals surface area contributed by atoms with Gasteiger partial charge in [-0.05, 0) is 0 Å². The Hall–Kier alpha value is -1.46. The zero-order valence-corrected chi connectivity index (χ0v) is 8.23. The van der Waals surface area contributed by atoms with Gasteiger partial charge < -0.3 is 9.47 Å². The summed E-state index contributed by atoms with van der Waals surface area (Å²) >= 11 is 0. The van der Waals surface area contributed by atoms with Crippen molar-refractivity contribution < 1.29 is 8.78 Å². The van der Waals surface area contributed by atoms with Gasteiger partial charge in [-0.25, -0.2) is 13.8 Å². The van der Waals surface area contributed by atoms with Crippen molar-refractivity contribution in [3.8, 4) is 0 Å². The zero-order chi connectivity index (χ0) is 11.0. The summed E-state index contributed by atoms with van der Waals surface area (Å²) in [5.41, 5.74) is -0.245. The van der Waals surface area contributed by atoms with Crippen molar-refractivity contribution in [2.24, 2.45) is 13.0 Å². The van der Waals surface area contributed by atoms with Crippen LogP contribution in [0.25, 0.3) is 0 Å². The van der Waals surface area contributed by atoms with E-state index in [4.69, 9.17) is 0 Å². The van der Waals surface area contributed by atoms with Crippen molar-refractivity contribution >= 4 is 5.82 Å². The molecule has 1 saturated heterocycles. The maximum absolute atomic E-state index is 12.2. The van der Waals surface area contributed by atoms with Crippen LogP contribution in [0.3, 0.4) is 0 Å². The summed E-state index contributed by atoms with van der Waals surface area (Å²) < 4.78 is 25.8. The summed E-state index contributed by atoms with van der Waals surface area (Å²) in [6.45, 7) is 0.424. The van der Waals surface area contributed by atoms with E-state index in [1.807, 2.05) is 0 Å². The topological polar surface area (TPSA) is 38.1 Å². The lowest BCUT2D eigenvalue weighted by molar-refractivity contribution is 0.0610. The normalized spacial score (nSPS) is 16.9. The molecule has 0 amide bonds. The van der Waals surface area contributed by atoms with E-state index >= 15 is 0 Å². The molecule has 1 aliphatic rings. The highest BCUT2D eigenvalue weighted by atomic mass is 19.3. The van der Waals surface area contributed by atoms with Gasteiger partial charge in [-0.3, -0.25) is 4.79 Å². The molecule has 1 aromatic heterocycles. The molecule has 2 heterocycles. The van der Waals surface area contributed by atoms with Crippen molar-refractivity contribution in [2.75, 3.05) is 18.0 Å². The predicted octanol–water partition coefficient (Wildman–Crippen LogP) is 0.482. The van der Waals surface area contributed by atoms with E-state index in [-0.39, 0.29) is 24.5 Å². The van der Waals surface area contributed by atoms with E-state index in [0.717, 1.165) is 0 Å². The molecule has 0 aliphatic carbocycles. The molecule has 0 aromatic carbocycles. The van der Waals surface area contributed by atoms with Gasteiger partial charge >= 0.3 is 0 Å². The van der Waals surface area contributed by atoms with Crippen molar-refractivity contribution in [3.05, 3.63) is 22.7 Å². The number of rotatable bonds is 2. The fourth-order valence-electron chi connectivity index (χ4n) is 1.55. The first-order valence-electron chi connectivity index (χ1n) is 4.64. The number of nitrogens with zero attached hydrogens (tertiary/aromatic N) is 3. The molecule has 0 spiro atoms. The van der Waals surface area contributed by atoms with Crippen LogP contribution in [0.5, 0.6) is 0 Å². The largest absolute Gasteiger partial charge is 0.351 e. The number of hydrogen-bond acceptors (Lipinski definition) is 3. The minimum absolute atomic E-state index is 0.212. The highest BCUT2D eigenvalue weighted by Gasteiger charge is 2.35. The third-order valence-electron chi connectivity index (χ3n) is 2.56. The minimum Gasteiger partial charge on any atom is -0.351 e. The fourth-order valence-corrected chi connectivity index (χ4v) is 1.55. The van der Waals surface area contributed by atoms with Crippen molar-refractivity contribution in [2.45, 2.75) is 6.43 Å². The summed E-state index contributed by atoms with van der Waals surface area (Å²) in [7, 11) is 1.61. The fraction of sp³-hybridized carbons (Fsp3) is 0.556. The van der Waals surface area contributed by atoms with Gasteiger partial charge in [0.1, 0.15) is 0 Å². The number of aryl methyl sites for hydroxylation is 1. The number of alkyl halides is 2. The molecule has 2 rings (SSSR count). The van der Waals surface area contributed by atoms with Gasteiger partial charge in [-0.15, -0.1) is 0 Å². The Bertz CT molecular complexity index is 412. The smallest absolute Gasteiger partial charge is 0.293 e. The van der Waals surface area contributed by atoms with Gasteiger partial charge in [0, 0.05) is 32.5 Å². The molecule has 82 valence electrons. The van der Waals surface area contributed by atoms with Crippen LogP contribution in [-0.4, -0.2) is 29.1 Å². The summed E-state index contributed by atoms with van der Waals surface area (Å²) in [5.74, 6) is -0.367. The molecule has 0 saturated carbocycles. The van der Waals surface area contributed by atoms with Crippen LogP contribution < -0.4 is 10.5 Å². The standard InChI is InChI=1S/C9H11F2N3O/c1-13-3-2-12-8(9(13)15)14-4-6(5-14)7(10)11/h2-3,6-7H,4-5H2,1H3. The number of hydrogen-bond donors (Lipinski definition) is 0. The first kappa shape index (κ1) is 10.1. The summed E-state index contributed by atoms with van der Waals surface area (Å²) in [6, 6.07) is 0. The van der Waals surface area contributed by atoms with Crippen LogP contribution in [0.2, 0.25) is 0 Å². The van der Waals surface area contributed by atoms with Crippen LogP contribution in [0.1, 0.15) is 0 Å². The quantitative estimate of drug-likeness (QED) is 0.720. The van der Waals surface area contributed by atoms with Crippen LogP contribution in [0, 0.1) is 5.92 Å². The molecule has 1 aromatic rings. The van der Waals surface area contributed by atoms with Crippen molar-refractivity contribution in [1.29, 1.82) is 0 Å². The summed E-state index contributed by atoms with van der Waals surface area (Å²) in [4.78, 5) is 17.0. The first-order chi connectivity index (χ1) is 7.09. The van der Waals surface area contributed by atoms with Crippen molar-refractivity contribution in [3.63, 3.8) is 0 Å². The third kappa shape index (κ3) is 1.71. The molecule has 15 heavy (non-hydrogen) atoms. The lowest BCUT2D eigenvalue weighted by Crippen LogP contribution is -2.52. The minimum atomic E-state index is -2.31. The van der Waals surface area contributed by atoms with Crippen LogP contribution in [0.15, 0.2) is 17.2 Å². The van der Waals surface area contributed by atoms with E-state index in [1.165, 1.54) is 17.0 Å². The lowest BCUT2D eigenvalue weighted by Gasteiger charge is -2.38. The molecular weight excluding hydrogens is 204 g/mol. The maximum Gasteiger partial charge on any atom is 0.293 e. The van der Waals surface area contributed by atoms with E-state index < -0.39 is 12.3 Å². The molecule has 0 unspecified atom stereocenters. The molecule has 1 aliphatic heterocycles. The predicted molar refractivity (Wildman–Crippen MR) is 51.2 cm³/mol. The van der Waals surface area contributed by atoms with Crippen LogP contribution in [-0.2, 0) is 7.05 Å². The van der Waals surface area contributed by atoms with E-state index in [9.17, 15) is 13.6 Å². The number of aromatic nitrogens is 2. The van der Waals surface area contributed by atoms with Gasteiger partial charge in [-0.2, -0.15) is 0 Å². The van der Waals surface area contributed by atoms with Gasteiger partial charge in [0.25, 0.3) is 5.56 Å². The number of halogens is 2. The Morgan fingerprint density at radius 2 is 2.20 bits per heavy atom. The Morgan fingerprint density at radius 3 is 2.80 bits per heavy atom. The molecule has 0 radical (unpaired) electrons. The Labute approximate surface area is 85.2 Å². The second-order valence-electron chi connectivity index (χ2n) is 3.67. The van der Waals surface area contributed by atoms with Gasteiger partial charge in [0.2, 0.25) is 6.43 Å². The highest BCUT2D eigenvalue weighted by Crippen LogP contribution is 2.24. The molecule has 4 nitrogen and oxygen atoms in total. The second-order valence-corrected chi connectivity index (χ2v) is 3.67. The van der Waals surface area contributed by atoms with Crippen LogP contribution in [0.4, 0.5) is 14.6 Å². The molecular formula is C9H11F2N3O. The second kappa shape index (κ2) is 3.60. The molecule has 0 bridgehead atoms. The van der Waals surface area contributed by atoms with E-state index in [0.29, 0.717) is 0 Å². The number of anilines is 1. The monoisotopic (exact) mass is 215 g/mol. The third-order valence-corrected chi connectivity index (χ3v) is 2.56. The van der Waals surface area contributed by atoms with Gasteiger partial charge in [-0.1, -0.05) is 0 Å². The van der Waals surface area contributed by atoms with Crippen molar-refractivity contribution in [1.82, 2.24) is 9.55 Å². The SMILES string of the molecule is Cn1ccnc(N2CC(C(F)F)C2)c1=O. The van der Waals surface area contributed by atoms with Crippen LogP contribution >= 0.6 is 0 Å². The summed E-state index contributed by atoms with van der Waals surface area (Å²) in [6.07, 6.45) is 0.719. The zero-order valence-electron chi connectivity index (χ0n) is 8.23. The lowest BCUT2D eigenvalue weighted by atomic mass is 10.0. The highest BCUT2D eigenvalue weighted by molar-refractivity contribution is 5.39. The maximum atomic E-state index is 12.2. The van der Waals surface area contributed by atoms with Gasteiger partial charge in [0.15, 0.2) is 5.82 Å². The van der Waals surface area contributed by atoms with E-state index in [2.05, 4.69) is 4.98 Å². The molecule has 0 N–H and O–H groups in total.